The Morgan fingerprint density at radius 2 is 1.67 bits per heavy atom. The molecule has 0 fully saturated rings. The Morgan fingerprint density at radius 3 is 2.10 bits per heavy atom. The van der Waals surface area contributed by atoms with E-state index in [9.17, 15) is 8.42 Å². The molecule has 0 bridgehead atoms. The Morgan fingerprint density at radius 1 is 1.10 bits per heavy atom. The van der Waals surface area contributed by atoms with Crippen LogP contribution in [0, 0.1) is 5.92 Å². The van der Waals surface area contributed by atoms with E-state index >= 15 is 0 Å². The second-order valence-corrected chi connectivity index (χ2v) is 7.96. The summed E-state index contributed by atoms with van der Waals surface area (Å²) in [5.41, 5.74) is 0. The van der Waals surface area contributed by atoms with Crippen molar-refractivity contribution >= 4 is 10.2 Å². The summed E-state index contributed by atoms with van der Waals surface area (Å²) in [6, 6.07) is 0.439. The highest BCUT2D eigenvalue weighted by Crippen LogP contribution is 2.14. The summed E-state index contributed by atoms with van der Waals surface area (Å²) in [6.45, 7) is 12.9. The molecule has 0 saturated heterocycles. The minimum atomic E-state index is -3.33. The van der Waals surface area contributed by atoms with Crippen molar-refractivity contribution < 1.29 is 8.42 Å². The molecule has 0 unspecified atom stereocenters. The van der Waals surface area contributed by atoms with Crippen LogP contribution in [0.2, 0.25) is 0 Å². The Bertz CT molecular complexity index is 354. The molecular formula is C15H35N3O2S. The number of nitrogens with one attached hydrogen (secondary N) is 1. The van der Waals surface area contributed by atoms with E-state index in [4.69, 9.17) is 0 Å². The van der Waals surface area contributed by atoms with E-state index in [1.165, 1.54) is 4.31 Å². The number of rotatable bonds is 12. The van der Waals surface area contributed by atoms with Gasteiger partial charge in [0.15, 0.2) is 0 Å². The first-order valence-corrected chi connectivity index (χ1v) is 9.63. The molecule has 0 aliphatic heterocycles. The molecular weight excluding hydrogens is 286 g/mol. The molecule has 0 heterocycles. The van der Waals surface area contributed by atoms with Gasteiger partial charge in [-0.15, -0.1) is 0 Å². The summed E-state index contributed by atoms with van der Waals surface area (Å²) >= 11 is 0. The van der Waals surface area contributed by atoms with Crippen molar-refractivity contribution in [3.05, 3.63) is 0 Å². The van der Waals surface area contributed by atoms with Crippen LogP contribution in [0.3, 0.4) is 0 Å². The van der Waals surface area contributed by atoms with E-state index in [0.29, 0.717) is 31.6 Å². The minimum Gasteiger partial charge on any atom is -0.314 e. The maximum atomic E-state index is 12.6. The Labute approximate surface area is 132 Å². The first kappa shape index (κ1) is 20.8. The maximum absolute atomic E-state index is 12.6. The molecule has 0 atom stereocenters. The summed E-state index contributed by atoms with van der Waals surface area (Å²) in [5, 5.41) is 3.31. The van der Waals surface area contributed by atoms with Crippen LogP contribution in [0.25, 0.3) is 0 Å². The van der Waals surface area contributed by atoms with E-state index in [-0.39, 0.29) is 0 Å². The van der Waals surface area contributed by atoms with Crippen molar-refractivity contribution in [1.82, 2.24) is 13.9 Å². The van der Waals surface area contributed by atoms with Crippen molar-refractivity contribution in [3.63, 3.8) is 0 Å². The lowest BCUT2D eigenvalue weighted by Crippen LogP contribution is -2.44. The van der Waals surface area contributed by atoms with Gasteiger partial charge >= 0.3 is 0 Å². The Balaban J connectivity index is 4.52. The normalized spacial score (nSPS) is 13.0. The lowest BCUT2D eigenvalue weighted by molar-refractivity contribution is 0.312. The molecule has 0 aromatic heterocycles. The van der Waals surface area contributed by atoms with Gasteiger partial charge in [-0.3, -0.25) is 0 Å². The van der Waals surface area contributed by atoms with Crippen molar-refractivity contribution in [2.24, 2.45) is 5.92 Å². The summed E-state index contributed by atoms with van der Waals surface area (Å²) in [5.74, 6) is 0.440. The van der Waals surface area contributed by atoms with E-state index in [2.05, 4.69) is 33.0 Å². The van der Waals surface area contributed by atoms with Gasteiger partial charge in [-0.2, -0.15) is 17.0 Å². The van der Waals surface area contributed by atoms with Gasteiger partial charge in [-0.1, -0.05) is 47.5 Å². The zero-order valence-corrected chi connectivity index (χ0v) is 15.5. The van der Waals surface area contributed by atoms with Crippen LogP contribution in [0.4, 0.5) is 0 Å². The summed E-state index contributed by atoms with van der Waals surface area (Å²) in [6.07, 6.45) is 2.87. The highest BCUT2D eigenvalue weighted by Gasteiger charge is 2.26. The van der Waals surface area contributed by atoms with Crippen LogP contribution in [0.1, 0.15) is 53.9 Å². The Kier molecular flexibility index (Phi) is 10.5. The molecule has 6 heteroatoms. The average molecular weight is 322 g/mol. The molecule has 0 amide bonds. The zero-order chi connectivity index (χ0) is 16.5. The van der Waals surface area contributed by atoms with Gasteiger partial charge in [0.05, 0.1) is 0 Å². The molecule has 0 rings (SSSR count). The van der Waals surface area contributed by atoms with Gasteiger partial charge in [-0.25, -0.2) is 0 Å². The molecule has 0 aliphatic carbocycles. The van der Waals surface area contributed by atoms with Gasteiger partial charge in [0, 0.05) is 32.7 Å². The highest BCUT2D eigenvalue weighted by molar-refractivity contribution is 7.86. The van der Waals surface area contributed by atoms with Crippen LogP contribution in [0.5, 0.6) is 0 Å². The van der Waals surface area contributed by atoms with Crippen LogP contribution >= 0.6 is 0 Å². The molecule has 5 nitrogen and oxygen atoms in total. The van der Waals surface area contributed by atoms with Crippen LogP contribution in [-0.2, 0) is 10.2 Å². The zero-order valence-electron chi connectivity index (χ0n) is 14.7. The minimum absolute atomic E-state index is 0.439. The van der Waals surface area contributed by atoms with Gasteiger partial charge in [0.1, 0.15) is 0 Å². The Hall–Kier alpha value is -0.170. The van der Waals surface area contributed by atoms with Crippen molar-refractivity contribution in [1.29, 1.82) is 0 Å². The van der Waals surface area contributed by atoms with E-state index < -0.39 is 10.2 Å². The second-order valence-electron chi connectivity index (χ2n) is 5.92. The fourth-order valence-electron chi connectivity index (χ4n) is 2.23. The topological polar surface area (TPSA) is 52.7 Å². The smallest absolute Gasteiger partial charge is 0.281 e. The van der Waals surface area contributed by atoms with Crippen molar-refractivity contribution in [3.8, 4) is 0 Å². The monoisotopic (exact) mass is 321 g/mol. The van der Waals surface area contributed by atoms with Gasteiger partial charge in [-0.05, 0) is 18.9 Å². The van der Waals surface area contributed by atoms with Gasteiger partial charge < -0.3 is 5.32 Å². The molecule has 0 radical (unpaired) electrons. The quantitative estimate of drug-likeness (QED) is 0.561. The lowest BCUT2D eigenvalue weighted by Gasteiger charge is -2.29. The third-order valence-corrected chi connectivity index (χ3v) is 5.92. The molecule has 0 aliphatic rings. The third-order valence-electron chi connectivity index (χ3n) is 3.89. The molecule has 0 aromatic rings. The number of hydrogen-bond acceptors (Lipinski definition) is 3. The highest BCUT2D eigenvalue weighted by atomic mass is 32.2. The summed E-state index contributed by atoms with van der Waals surface area (Å²) in [4.78, 5) is 0. The molecule has 0 saturated carbocycles. The predicted octanol–water partition coefficient (Wildman–Crippen LogP) is 2.31. The fourth-order valence-corrected chi connectivity index (χ4v) is 3.71. The van der Waals surface area contributed by atoms with Crippen molar-refractivity contribution in [2.45, 2.75) is 59.9 Å². The third kappa shape index (κ3) is 7.58. The van der Waals surface area contributed by atoms with Crippen LogP contribution in [-0.4, -0.2) is 56.3 Å². The van der Waals surface area contributed by atoms with E-state index in [0.717, 1.165) is 25.8 Å². The maximum Gasteiger partial charge on any atom is 0.281 e. The van der Waals surface area contributed by atoms with Gasteiger partial charge in [0.25, 0.3) is 10.2 Å². The second kappa shape index (κ2) is 10.5. The average Bonchev–Trinajstić information content (AvgIpc) is 2.44. The van der Waals surface area contributed by atoms with Crippen LogP contribution in [0.15, 0.2) is 0 Å². The largest absolute Gasteiger partial charge is 0.314 e. The molecule has 0 aromatic carbocycles. The number of hydrogen-bond donors (Lipinski definition) is 1. The van der Waals surface area contributed by atoms with E-state index in [1.807, 2.05) is 6.92 Å². The van der Waals surface area contributed by atoms with Gasteiger partial charge in [0.2, 0.25) is 0 Å². The standard InChI is InChI=1S/C15H35N3O2S/c1-7-15(8-2)13-18(9-3)21(19,20)17(6)12-10-11-16-14(4)5/h14-16H,7-13H2,1-6H3. The van der Waals surface area contributed by atoms with E-state index in [1.54, 1.807) is 11.4 Å². The first-order chi connectivity index (χ1) is 9.79. The molecule has 128 valence electrons. The lowest BCUT2D eigenvalue weighted by atomic mass is 10.0. The predicted molar refractivity (Wildman–Crippen MR) is 90.6 cm³/mol. The first-order valence-electron chi connectivity index (χ1n) is 8.24. The van der Waals surface area contributed by atoms with Crippen LogP contribution < -0.4 is 5.32 Å². The summed E-state index contributed by atoms with van der Waals surface area (Å²) in [7, 11) is -1.65. The SMILES string of the molecule is CCC(CC)CN(CC)S(=O)(=O)N(C)CCCNC(C)C. The molecule has 0 spiro atoms. The van der Waals surface area contributed by atoms with Crippen molar-refractivity contribution in [2.75, 3.05) is 33.2 Å². The molecule has 1 N–H and O–H groups in total. The summed E-state index contributed by atoms with van der Waals surface area (Å²) < 4.78 is 28.3. The molecule has 21 heavy (non-hydrogen) atoms. The number of nitrogens with zero attached hydrogens (tertiary/aromatic N) is 2. The fraction of sp³-hybridized carbons (Fsp3) is 1.00.